The molecule has 1 aromatic rings. The zero-order chi connectivity index (χ0) is 15.0. The van der Waals surface area contributed by atoms with Crippen LogP contribution in [0.3, 0.4) is 0 Å². The molecule has 0 radical (unpaired) electrons. The average Bonchev–Trinajstić information content (AvgIpc) is 2.36. The lowest BCUT2D eigenvalue weighted by Crippen LogP contribution is -2.41. The van der Waals surface area contributed by atoms with Crippen LogP contribution in [0.15, 0.2) is 30.3 Å². The molecule has 5 heteroatoms. The van der Waals surface area contributed by atoms with Crippen LogP contribution in [0.25, 0.3) is 0 Å². The van der Waals surface area contributed by atoms with Gasteiger partial charge in [0.05, 0.1) is 6.04 Å². The highest BCUT2D eigenvalue weighted by atomic mass is 32.2. The molecule has 20 heavy (non-hydrogen) atoms. The maximum Gasteiger partial charge on any atom is 0.408 e. The fourth-order valence-electron chi connectivity index (χ4n) is 1.45. The molecule has 0 saturated heterocycles. The lowest BCUT2D eigenvalue weighted by atomic mass is 10.2. The lowest BCUT2D eigenvalue weighted by molar-refractivity contribution is -0.109. The van der Waals surface area contributed by atoms with E-state index in [0.29, 0.717) is 5.75 Å². The van der Waals surface area contributed by atoms with Gasteiger partial charge in [-0.1, -0.05) is 30.3 Å². The van der Waals surface area contributed by atoms with Gasteiger partial charge in [-0.15, -0.1) is 0 Å². The molecule has 1 rings (SSSR count). The second kappa shape index (κ2) is 7.94. The quantitative estimate of drug-likeness (QED) is 0.820. The van der Waals surface area contributed by atoms with Crippen LogP contribution in [0.1, 0.15) is 26.3 Å². The van der Waals surface area contributed by atoms with Crippen molar-refractivity contribution >= 4 is 24.1 Å². The summed E-state index contributed by atoms with van der Waals surface area (Å²) in [6.45, 7) is 5.35. The van der Waals surface area contributed by atoms with Crippen LogP contribution in [-0.2, 0) is 15.3 Å². The number of ether oxygens (including phenoxy) is 1. The molecule has 1 N–H and O–H groups in total. The molecule has 0 fully saturated rings. The summed E-state index contributed by atoms with van der Waals surface area (Å²) in [5.74, 6) is 1.33. The zero-order valence-electron chi connectivity index (χ0n) is 12.1. The van der Waals surface area contributed by atoms with Crippen molar-refractivity contribution in [2.75, 3.05) is 5.75 Å². The number of aldehydes is 1. The number of nitrogens with one attached hydrogen (secondary N) is 1. The zero-order valence-corrected chi connectivity index (χ0v) is 12.9. The maximum absolute atomic E-state index is 11.6. The first-order valence-electron chi connectivity index (χ1n) is 6.47. The molecule has 1 atom stereocenters. The molecule has 0 saturated carbocycles. The highest BCUT2D eigenvalue weighted by Crippen LogP contribution is 2.13. The molecule has 0 bridgehead atoms. The Morgan fingerprint density at radius 1 is 1.35 bits per heavy atom. The van der Waals surface area contributed by atoms with Crippen LogP contribution in [0, 0.1) is 0 Å². The number of carbonyl (C=O) groups excluding carboxylic acids is 2. The molecule has 0 aliphatic rings. The second-order valence-electron chi connectivity index (χ2n) is 5.39. The average molecular weight is 295 g/mol. The van der Waals surface area contributed by atoms with Crippen molar-refractivity contribution in [3.05, 3.63) is 35.9 Å². The van der Waals surface area contributed by atoms with Gasteiger partial charge in [0, 0.05) is 11.5 Å². The molecule has 0 spiro atoms. The number of rotatable bonds is 6. The summed E-state index contributed by atoms with van der Waals surface area (Å²) < 4.78 is 5.12. The monoisotopic (exact) mass is 295 g/mol. The molecule has 0 aromatic heterocycles. The van der Waals surface area contributed by atoms with E-state index < -0.39 is 17.7 Å². The van der Waals surface area contributed by atoms with E-state index in [0.717, 1.165) is 12.0 Å². The summed E-state index contributed by atoms with van der Waals surface area (Å²) in [6.07, 6.45) is 0.178. The summed E-state index contributed by atoms with van der Waals surface area (Å²) in [7, 11) is 0. The van der Waals surface area contributed by atoms with Gasteiger partial charge < -0.3 is 14.8 Å². The largest absolute Gasteiger partial charge is 0.444 e. The smallest absolute Gasteiger partial charge is 0.408 e. The maximum atomic E-state index is 11.6. The van der Waals surface area contributed by atoms with Gasteiger partial charge in [-0.2, -0.15) is 11.8 Å². The molecule has 0 unspecified atom stereocenters. The molecule has 1 amide bonds. The third kappa shape index (κ3) is 7.19. The van der Waals surface area contributed by atoms with Crippen molar-refractivity contribution in [3.63, 3.8) is 0 Å². The van der Waals surface area contributed by atoms with Crippen molar-refractivity contribution in [3.8, 4) is 0 Å². The number of thioether (sulfide) groups is 1. The fourth-order valence-corrected chi connectivity index (χ4v) is 2.41. The van der Waals surface area contributed by atoms with Crippen LogP contribution in [-0.4, -0.2) is 29.8 Å². The predicted octanol–water partition coefficient (Wildman–Crippen LogP) is 3.01. The van der Waals surface area contributed by atoms with Gasteiger partial charge in [-0.25, -0.2) is 4.79 Å². The Kier molecular flexibility index (Phi) is 6.58. The van der Waals surface area contributed by atoms with Crippen molar-refractivity contribution in [2.24, 2.45) is 0 Å². The number of alkyl carbamates (subject to hydrolysis) is 1. The van der Waals surface area contributed by atoms with Gasteiger partial charge in [0.2, 0.25) is 0 Å². The Labute approximate surface area is 124 Å². The fraction of sp³-hybridized carbons (Fsp3) is 0.467. The summed E-state index contributed by atoms with van der Waals surface area (Å²) in [4.78, 5) is 22.5. The SMILES string of the molecule is CC(C)(C)OC(=O)N[C@@H](C=O)CSCc1ccccc1. The third-order valence-corrected chi connectivity index (χ3v) is 3.41. The van der Waals surface area contributed by atoms with Gasteiger partial charge in [-0.05, 0) is 26.3 Å². The van der Waals surface area contributed by atoms with Crippen LogP contribution >= 0.6 is 11.8 Å². The lowest BCUT2D eigenvalue weighted by Gasteiger charge is -2.21. The highest BCUT2D eigenvalue weighted by molar-refractivity contribution is 7.98. The minimum Gasteiger partial charge on any atom is -0.444 e. The minimum absolute atomic E-state index is 0.525. The van der Waals surface area contributed by atoms with Crippen molar-refractivity contribution < 1.29 is 14.3 Å². The number of benzene rings is 1. The summed E-state index contributed by atoms with van der Waals surface area (Å²) in [5, 5.41) is 2.56. The van der Waals surface area contributed by atoms with Crippen molar-refractivity contribution in [1.82, 2.24) is 5.32 Å². The molecule has 0 aliphatic heterocycles. The predicted molar refractivity (Wildman–Crippen MR) is 81.8 cm³/mol. The molecular weight excluding hydrogens is 274 g/mol. The summed E-state index contributed by atoms with van der Waals surface area (Å²) in [6, 6.07) is 9.46. The minimum atomic E-state index is -0.561. The third-order valence-electron chi connectivity index (χ3n) is 2.28. The van der Waals surface area contributed by atoms with Crippen LogP contribution in [0.2, 0.25) is 0 Å². The van der Waals surface area contributed by atoms with Crippen LogP contribution in [0.4, 0.5) is 4.79 Å². The van der Waals surface area contributed by atoms with Gasteiger partial charge in [-0.3, -0.25) is 0 Å². The number of amides is 1. The Hall–Kier alpha value is -1.49. The Morgan fingerprint density at radius 2 is 2.00 bits per heavy atom. The number of carbonyl (C=O) groups is 2. The molecular formula is C15H21NO3S. The molecule has 4 nitrogen and oxygen atoms in total. The van der Waals surface area contributed by atoms with Crippen LogP contribution < -0.4 is 5.32 Å². The van der Waals surface area contributed by atoms with E-state index in [1.165, 1.54) is 5.56 Å². The van der Waals surface area contributed by atoms with Crippen molar-refractivity contribution in [2.45, 2.75) is 38.2 Å². The molecule has 110 valence electrons. The molecule has 0 aliphatic carbocycles. The molecule has 1 aromatic carbocycles. The van der Waals surface area contributed by atoms with E-state index in [9.17, 15) is 9.59 Å². The number of hydrogen-bond donors (Lipinski definition) is 1. The van der Waals surface area contributed by atoms with E-state index in [-0.39, 0.29) is 0 Å². The van der Waals surface area contributed by atoms with E-state index in [4.69, 9.17) is 4.74 Å². The Morgan fingerprint density at radius 3 is 2.55 bits per heavy atom. The van der Waals surface area contributed by atoms with Gasteiger partial charge in [0.1, 0.15) is 11.9 Å². The first-order chi connectivity index (χ1) is 9.40. The van der Waals surface area contributed by atoms with E-state index >= 15 is 0 Å². The first-order valence-corrected chi connectivity index (χ1v) is 7.62. The van der Waals surface area contributed by atoms with Gasteiger partial charge in [0.25, 0.3) is 0 Å². The van der Waals surface area contributed by atoms with E-state index in [1.54, 1.807) is 32.5 Å². The Bertz CT molecular complexity index is 428. The topological polar surface area (TPSA) is 55.4 Å². The van der Waals surface area contributed by atoms with Crippen molar-refractivity contribution in [1.29, 1.82) is 0 Å². The standard InChI is InChI=1S/C15H21NO3S/c1-15(2,3)19-14(18)16-13(9-17)11-20-10-12-7-5-4-6-8-12/h4-9,13H,10-11H2,1-3H3,(H,16,18)/t13-/m0/s1. The van der Waals surface area contributed by atoms with E-state index in [1.807, 2.05) is 30.3 Å². The first kappa shape index (κ1) is 16.6. The number of hydrogen-bond acceptors (Lipinski definition) is 4. The normalized spacial score (nSPS) is 12.6. The van der Waals surface area contributed by atoms with E-state index in [2.05, 4.69) is 5.32 Å². The van der Waals surface area contributed by atoms with Gasteiger partial charge >= 0.3 is 6.09 Å². The van der Waals surface area contributed by atoms with Gasteiger partial charge in [0.15, 0.2) is 0 Å². The van der Waals surface area contributed by atoms with Crippen LogP contribution in [0.5, 0.6) is 0 Å². The molecule has 0 heterocycles. The summed E-state index contributed by atoms with van der Waals surface area (Å²) in [5.41, 5.74) is 0.633. The Balaban J connectivity index is 2.33. The summed E-state index contributed by atoms with van der Waals surface area (Å²) >= 11 is 1.60. The second-order valence-corrected chi connectivity index (χ2v) is 6.42. The highest BCUT2D eigenvalue weighted by Gasteiger charge is 2.19.